The summed E-state index contributed by atoms with van der Waals surface area (Å²) in [4.78, 5) is 3.99. The lowest BCUT2D eigenvalue weighted by Crippen LogP contribution is -2.36. The number of anilines is 1. The molecule has 1 fully saturated rings. The third-order valence-corrected chi connectivity index (χ3v) is 8.65. The molecule has 5 rings (SSSR count). The van der Waals surface area contributed by atoms with Gasteiger partial charge in [0, 0.05) is 47.5 Å². The number of allylic oxidation sites excluding steroid dienone is 1. The zero-order chi connectivity index (χ0) is 24.2. The molecule has 186 valence electrons. The summed E-state index contributed by atoms with van der Waals surface area (Å²) in [5.74, 6) is 0. The number of hydrogen-bond acceptors (Lipinski definition) is 5. The smallest absolute Gasteiger partial charge is 0.0605 e. The highest BCUT2D eigenvalue weighted by atomic mass is 32.2. The highest BCUT2D eigenvalue weighted by molar-refractivity contribution is 7.98. The minimum atomic E-state index is 0.248. The first kappa shape index (κ1) is 24.3. The molecule has 0 radical (unpaired) electrons. The lowest BCUT2D eigenvalue weighted by Gasteiger charge is -2.32. The van der Waals surface area contributed by atoms with Crippen molar-refractivity contribution in [2.45, 2.75) is 68.8 Å². The second-order valence-corrected chi connectivity index (χ2v) is 11.2. The van der Waals surface area contributed by atoms with Gasteiger partial charge in [-0.15, -0.1) is 11.8 Å². The highest BCUT2D eigenvalue weighted by Gasteiger charge is 2.26. The maximum atomic E-state index is 6.37. The molecule has 0 aromatic heterocycles. The average Bonchev–Trinajstić information content (AvgIpc) is 3.42. The summed E-state index contributed by atoms with van der Waals surface area (Å²) >= 11 is 1.79. The van der Waals surface area contributed by atoms with Gasteiger partial charge < -0.3 is 16.4 Å². The molecule has 0 bridgehead atoms. The molecule has 4 N–H and O–H groups in total. The maximum absolute atomic E-state index is 6.37. The van der Waals surface area contributed by atoms with Crippen molar-refractivity contribution in [3.63, 3.8) is 0 Å². The standard InChI is InChI=1S/C30H40N4S/c1-21(31)30-27-13-12-23(22-14-17-34(18-15-22)25-8-3-4-9-25)19-28(27)29(11-6-16-32-30)33-24-7-5-10-26(20-24)35-2/h5,7,10,12-14,19-20,25,29,32-33H,3-4,6,8-9,11,15-18,31H2,1-2H3/b30-21-. The van der Waals surface area contributed by atoms with Crippen LogP contribution >= 0.6 is 11.8 Å². The topological polar surface area (TPSA) is 53.3 Å². The van der Waals surface area contributed by atoms with Crippen molar-refractivity contribution in [2.24, 2.45) is 5.73 Å². The van der Waals surface area contributed by atoms with Crippen LogP contribution in [0, 0.1) is 0 Å². The van der Waals surface area contributed by atoms with E-state index in [1.165, 1.54) is 65.1 Å². The Hall–Kier alpha value is -2.37. The minimum absolute atomic E-state index is 0.248. The zero-order valence-electron chi connectivity index (χ0n) is 21.3. The van der Waals surface area contributed by atoms with Crippen LogP contribution in [0.5, 0.6) is 0 Å². The molecule has 35 heavy (non-hydrogen) atoms. The van der Waals surface area contributed by atoms with Crippen LogP contribution in [0.1, 0.15) is 74.6 Å². The van der Waals surface area contributed by atoms with Crippen LogP contribution < -0.4 is 16.4 Å². The molecule has 1 unspecified atom stereocenters. The largest absolute Gasteiger partial charge is 0.401 e. The molecular formula is C30H40N4S. The third-order valence-electron chi connectivity index (χ3n) is 7.93. The van der Waals surface area contributed by atoms with Crippen LogP contribution in [0.2, 0.25) is 0 Å². The van der Waals surface area contributed by atoms with E-state index in [-0.39, 0.29) is 6.04 Å². The molecule has 2 heterocycles. The number of fused-ring (bicyclic) bond motifs is 1. The van der Waals surface area contributed by atoms with Crippen molar-refractivity contribution in [3.05, 3.63) is 70.9 Å². The fourth-order valence-corrected chi connectivity index (χ4v) is 6.47. The minimum Gasteiger partial charge on any atom is -0.401 e. The Morgan fingerprint density at radius 2 is 1.94 bits per heavy atom. The van der Waals surface area contributed by atoms with Gasteiger partial charge in [-0.05, 0) is 86.2 Å². The number of nitrogens with one attached hydrogen (secondary N) is 2. The number of benzene rings is 2. The van der Waals surface area contributed by atoms with Crippen LogP contribution in [0.3, 0.4) is 0 Å². The lowest BCUT2D eigenvalue weighted by atomic mass is 9.88. The van der Waals surface area contributed by atoms with Crippen molar-refractivity contribution >= 4 is 28.7 Å². The molecule has 1 atom stereocenters. The predicted octanol–water partition coefficient (Wildman–Crippen LogP) is 6.62. The van der Waals surface area contributed by atoms with Gasteiger partial charge in [0.2, 0.25) is 0 Å². The van der Waals surface area contributed by atoms with Gasteiger partial charge in [0.15, 0.2) is 0 Å². The van der Waals surface area contributed by atoms with Crippen LogP contribution in [0.15, 0.2) is 59.1 Å². The molecule has 3 aliphatic rings. The summed E-state index contributed by atoms with van der Waals surface area (Å²) in [7, 11) is 0. The summed E-state index contributed by atoms with van der Waals surface area (Å²) in [5.41, 5.74) is 14.9. The molecule has 2 aromatic rings. The molecule has 0 amide bonds. The zero-order valence-corrected chi connectivity index (χ0v) is 22.1. The molecule has 4 nitrogen and oxygen atoms in total. The van der Waals surface area contributed by atoms with E-state index in [2.05, 4.69) is 70.3 Å². The van der Waals surface area contributed by atoms with E-state index in [0.717, 1.165) is 49.8 Å². The Bertz CT molecular complexity index is 1100. The first-order valence-electron chi connectivity index (χ1n) is 13.3. The van der Waals surface area contributed by atoms with E-state index in [1.54, 1.807) is 11.8 Å². The third kappa shape index (κ3) is 5.57. The number of rotatable bonds is 5. The summed E-state index contributed by atoms with van der Waals surface area (Å²) in [6.45, 7) is 5.23. The second kappa shape index (κ2) is 11.1. The number of nitrogens with zero attached hydrogens (tertiary/aromatic N) is 1. The molecule has 0 spiro atoms. The Morgan fingerprint density at radius 3 is 2.69 bits per heavy atom. The van der Waals surface area contributed by atoms with Crippen LogP contribution in [-0.2, 0) is 0 Å². The fourth-order valence-electron chi connectivity index (χ4n) is 6.01. The van der Waals surface area contributed by atoms with Crippen LogP contribution in [-0.4, -0.2) is 36.8 Å². The van der Waals surface area contributed by atoms with E-state index in [1.807, 2.05) is 6.92 Å². The van der Waals surface area contributed by atoms with Crippen molar-refractivity contribution < 1.29 is 0 Å². The molecule has 0 saturated heterocycles. The quantitative estimate of drug-likeness (QED) is 0.413. The highest BCUT2D eigenvalue weighted by Crippen LogP contribution is 2.36. The summed E-state index contributed by atoms with van der Waals surface area (Å²) < 4.78 is 0. The second-order valence-electron chi connectivity index (χ2n) is 10.3. The van der Waals surface area contributed by atoms with Gasteiger partial charge in [-0.1, -0.05) is 37.1 Å². The average molecular weight is 489 g/mol. The lowest BCUT2D eigenvalue weighted by molar-refractivity contribution is 0.219. The first-order valence-corrected chi connectivity index (χ1v) is 14.5. The number of nitrogens with two attached hydrogens (primary N) is 1. The Balaban J connectivity index is 1.47. The van der Waals surface area contributed by atoms with Crippen LogP contribution in [0.4, 0.5) is 5.69 Å². The molecule has 2 aliphatic heterocycles. The summed E-state index contributed by atoms with van der Waals surface area (Å²) in [6, 6.07) is 16.9. The SMILES string of the molecule is CSc1cccc(NC2CCCN/C(=C(/C)N)c3ccc(C4=CCN(C5CCCC5)CC4)cc32)c1. The summed E-state index contributed by atoms with van der Waals surface area (Å²) in [5, 5.41) is 7.50. The molecule has 2 aromatic carbocycles. The Kier molecular flexibility index (Phi) is 7.74. The van der Waals surface area contributed by atoms with Gasteiger partial charge in [-0.25, -0.2) is 0 Å². The van der Waals surface area contributed by atoms with Crippen molar-refractivity contribution in [1.82, 2.24) is 10.2 Å². The monoisotopic (exact) mass is 488 g/mol. The Labute approximate surface area is 215 Å². The fraction of sp³-hybridized carbons (Fsp3) is 0.467. The van der Waals surface area contributed by atoms with Crippen molar-refractivity contribution in [3.8, 4) is 0 Å². The molecule has 1 saturated carbocycles. The molecular weight excluding hydrogens is 448 g/mol. The predicted molar refractivity (Wildman–Crippen MR) is 151 cm³/mol. The van der Waals surface area contributed by atoms with Crippen LogP contribution in [0.25, 0.3) is 11.3 Å². The molecule has 5 heteroatoms. The number of hydrogen-bond donors (Lipinski definition) is 3. The van der Waals surface area contributed by atoms with Crippen molar-refractivity contribution in [1.29, 1.82) is 0 Å². The maximum Gasteiger partial charge on any atom is 0.0605 e. The number of thioether (sulfide) groups is 1. The van der Waals surface area contributed by atoms with Gasteiger partial charge in [-0.2, -0.15) is 0 Å². The van der Waals surface area contributed by atoms with E-state index in [9.17, 15) is 0 Å². The van der Waals surface area contributed by atoms with Gasteiger partial charge >= 0.3 is 0 Å². The Morgan fingerprint density at radius 1 is 1.09 bits per heavy atom. The normalized spacial score (nSPS) is 23.0. The van der Waals surface area contributed by atoms with E-state index in [0.29, 0.717) is 0 Å². The van der Waals surface area contributed by atoms with Gasteiger partial charge in [0.05, 0.1) is 11.7 Å². The van der Waals surface area contributed by atoms with Gasteiger partial charge in [0.25, 0.3) is 0 Å². The van der Waals surface area contributed by atoms with E-state index < -0.39 is 0 Å². The van der Waals surface area contributed by atoms with Crippen molar-refractivity contribution in [2.75, 3.05) is 31.2 Å². The summed E-state index contributed by atoms with van der Waals surface area (Å²) in [6.07, 6.45) is 13.5. The van der Waals surface area contributed by atoms with Gasteiger partial charge in [-0.3, -0.25) is 4.90 Å². The van der Waals surface area contributed by atoms with E-state index in [4.69, 9.17) is 5.73 Å². The van der Waals surface area contributed by atoms with E-state index >= 15 is 0 Å². The van der Waals surface area contributed by atoms with Gasteiger partial charge in [0.1, 0.15) is 0 Å². The first-order chi connectivity index (χ1) is 17.1. The molecule has 1 aliphatic carbocycles.